The van der Waals surface area contributed by atoms with Crippen LogP contribution >= 0.6 is 0 Å². The molecule has 0 amide bonds. The van der Waals surface area contributed by atoms with Crippen LogP contribution in [0.1, 0.15) is 132 Å². The van der Waals surface area contributed by atoms with E-state index in [-0.39, 0.29) is 5.92 Å². The third kappa shape index (κ3) is 9.16. The second-order valence-electron chi connectivity index (χ2n) is 12.4. The average molecular weight is 495 g/mol. The minimum atomic E-state index is 0.241. The number of hydrogen-bond acceptors (Lipinski definition) is 2. The number of aromatic hydroxyl groups is 2. The first-order valence-electron chi connectivity index (χ1n) is 14.7. The molecule has 0 saturated carbocycles. The Morgan fingerprint density at radius 1 is 0.556 bits per heavy atom. The molecule has 0 heterocycles. The molecule has 0 aromatic heterocycles. The molecule has 2 N–H and O–H groups in total. The van der Waals surface area contributed by atoms with Gasteiger partial charge in [0.1, 0.15) is 11.5 Å². The fourth-order valence-corrected chi connectivity index (χ4v) is 5.56. The van der Waals surface area contributed by atoms with Crippen LogP contribution in [-0.4, -0.2) is 10.2 Å². The summed E-state index contributed by atoms with van der Waals surface area (Å²) in [4.78, 5) is 0. The van der Waals surface area contributed by atoms with E-state index >= 15 is 0 Å². The molecular weight excluding hydrogens is 440 g/mol. The lowest BCUT2D eigenvalue weighted by Gasteiger charge is -2.27. The molecule has 2 heteroatoms. The molecule has 36 heavy (non-hydrogen) atoms. The fourth-order valence-electron chi connectivity index (χ4n) is 5.56. The Kier molecular flexibility index (Phi) is 12.4. The van der Waals surface area contributed by atoms with Crippen molar-refractivity contribution in [3.8, 4) is 11.5 Å². The molecule has 2 aromatic rings. The second kappa shape index (κ2) is 14.7. The molecule has 0 atom stereocenters. The predicted molar refractivity (Wildman–Crippen MR) is 156 cm³/mol. The summed E-state index contributed by atoms with van der Waals surface area (Å²) in [5.74, 6) is 3.04. The van der Waals surface area contributed by atoms with E-state index in [1.807, 2.05) is 12.1 Å². The molecule has 0 bridgehead atoms. The number of hydrogen-bond donors (Lipinski definition) is 2. The quantitative estimate of drug-likeness (QED) is 0.242. The normalized spacial score (nSPS) is 12.0. The van der Waals surface area contributed by atoms with Gasteiger partial charge in [0.05, 0.1) is 0 Å². The lowest BCUT2D eigenvalue weighted by atomic mass is 9.77. The third-order valence-corrected chi connectivity index (χ3v) is 7.73. The minimum absolute atomic E-state index is 0.241. The van der Waals surface area contributed by atoms with E-state index in [0.717, 1.165) is 59.8 Å². The van der Waals surface area contributed by atoms with E-state index in [0.29, 0.717) is 17.4 Å². The van der Waals surface area contributed by atoms with Crippen molar-refractivity contribution in [3.05, 3.63) is 57.6 Å². The van der Waals surface area contributed by atoms with Crippen LogP contribution in [0.15, 0.2) is 24.3 Å². The number of phenols is 2. The van der Waals surface area contributed by atoms with E-state index in [1.165, 1.54) is 49.7 Å². The maximum atomic E-state index is 10.7. The molecule has 0 aliphatic carbocycles. The summed E-state index contributed by atoms with van der Waals surface area (Å²) in [6.07, 6.45) is 11.6. The van der Waals surface area contributed by atoms with Crippen molar-refractivity contribution in [1.82, 2.24) is 0 Å². The lowest BCUT2D eigenvalue weighted by molar-refractivity contribution is 0.461. The van der Waals surface area contributed by atoms with Crippen molar-refractivity contribution in [2.45, 2.75) is 126 Å². The summed E-state index contributed by atoms with van der Waals surface area (Å²) in [6.45, 7) is 18.0. The summed E-state index contributed by atoms with van der Waals surface area (Å²) in [5.41, 5.74) is 7.09. The number of rotatable bonds is 15. The van der Waals surface area contributed by atoms with Crippen LogP contribution in [0.3, 0.4) is 0 Å². The van der Waals surface area contributed by atoms with Crippen molar-refractivity contribution < 1.29 is 10.2 Å². The molecule has 0 fully saturated rings. The van der Waals surface area contributed by atoms with Gasteiger partial charge in [-0.3, -0.25) is 0 Å². The summed E-state index contributed by atoms with van der Waals surface area (Å²) in [5, 5.41) is 21.5. The molecule has 202 valence electrons. The van der Waals surface area contributed by atoms with Gasteiger partial charge in [-0.25, -0.2) is 0 Å². The van der Waals surface area contributed by atoms with E-state index in [2.05, 4.69) is 67.5 Å². The van der Waals surface area contributed by atoms with Crippen molar-refractivity contribution in [2.24, 2.45) is 17.8 Å². The molecule has 2 aromatic carbocycles. The minimum Gasteiger partial charge on any atom is -0.508 e. The van der Waals surface area contributed by atoms with Gasteiger partial charge in [0.2, 0.25) is 0 Å². The van der Waals surface area contributed by atoms with Crippen LogP contribution in [0, 0.1) is 31.6 Å². The highest BCUT2D eigenvalue weighted by atomic mass is 16.3. The maximum absolute atomic E-state index is 10.7. The van der Waals surface area contributed by atoms with E-state index in [4.69, 9.17) is 0 Å². The first-order valence-corrected chi connectivity index (χ1v) is 14.7. The monoisotopic (exact) mass is 494 g/mol. The van der Waals surface area contributed by atoms with Crippen LogP contribution in [0.2, 0.25) is 0 Å². The highest BCUT2D eigenvalue weighted by molar-refractivity contribution is 5.50. The first-order chi connectivity index (χ1) is 17.0. The van der Waals surface area contributed by atoms with Gasteiger partial charge < -0.3 is 10.2 Å². The van der Waals surface area contributed by atoms with Gasteiger partial charge in [0.15, 0.2) is 0 Å². The molecule has 0 saturated heterocycles. The van der Waals surface area contributed by atoms with Crippen LogP contribution in [-0.2, 0) is 12.8 Å². The predicted octanol–water partition coefficient (Wildman–Crippen LogP) is 10.0. The van der Waals surface area contributed by atoms with Crippen molar-refractivity contribution in [2.75, 3.05) is 0 Å². The van der Waals surface area contributed by atoms with E-state index < -0.39 is 0 Å². The third-order valence-electron chi connectivity index (χ3n) is 7.73. The number of benzene rings is 2. The molecule has 0 aliphatic heterocycles. The first kappa shape index (κ1) is 30.3. The maximum Gasteiger partial charge on any atom is 0.119 e. The Labute approximate surface area is 222 Å². The molecule has 0 unspecified atom stereocenters. The molecule has 2 nitrogen and oxygen atoms in total. The molecule has 0 spiro atoms. The number of aryl methyl sites for hydroxylation is 4. The Hall–Kier alpha value is -1.96. The molecule has 2 rings (SSSR count). The van der Waals surface area contributed by atoms with Crippen molar-refractivity contribution in [3.63, 3.8) is 0 Å². The van der Waals surface area contributed by atoms with Crippen LogP contribution in [0.4, 0.5) is 0 Å². The SMILES string of the molecule is Cc1cc(O)c(CCCCCC(C)C)cc1C(c1cc(CCCCCC(C)C)c(O)cc1C)C(C)C. The topological polar surface area (TPSA) is 40.5 Å². The Morgan fingerprint density at radius 3 is 1.28 bits per heavy atom. The summed E-state index contributed by atoms with van der Waals surface area (Å²) >= 11 is 0. The van der Waals surface area contributed by atoms with Gasteiger partial charge in [0, 0.05) is 5.92 Å². The largest absolute Gasteiger partial charge is 0.508 e. The zero-order chi connectivity index (χ0) is 26.8. The van der Waals surface area contributed by atoms with E-state index in [9.17, 15) is 10.2 Å². The lowest BCUT2D eigenvalue weighted by Crippen LogP contribution is -2.13. The van der Waals surface area contributed by atoms with Gasteiger partial charge in [-0.2, -0.15) is 0 Å². The van der Waals surface area contributed by atoms with Crippen LogP contribution in [0.5, 0.6) is 11.5 Å². The Balaban J connectivity index is 2.28. The highest BCUT2D eigenvalue weighted by Gasteiger charge is 2.24. The molecule has 0 radical (unpaired) electrons. The standard InChI is InChI=1S/C34H54O2/c1-23(2)15-11-9-13-17-28-21-30(26(7)19-32(28)35)34(25(5)6)31-22-29(33(36)20-27(31)8)18-14-10-12-16-24(3)4/h19-25,34-36H,9-18H2,1-8H3. The van der Waals surface area contributed by atoms with Gasteiger partial charge in [-0.1, -0.05) is 92.2 Å². The number of unbranched alkanes of at least 4 members (excludes halogenated alkanes) is 4. The second-order valence-corrected chi connectivity index (χ2v) is 12.4. The smallest absolute Gasteiger partial charge is 0.119 e. The molecule has 0 aliphatic rings. The zero-order valence-electron chi connectivity index (χ0n) is 24.6. The van der Waals surface area contributed by atoms with Gasteiger partial charge >= 0.3 is 0 Å². The Morgan fingerprint density at radius 2 is 0.944 bits per heavy atom. The van der Waals surface area contributed by atoms with Gasteiger partial charge in [-0.15, -0.1) is 0 Å². The van der Waals surface area contributed by atoms with Gasteiger partial charge in [-0.05, 0) is 103 Å². The van der Waals surface area contributed by atoms with Gasteiger partial charge in [0.25, 0.3) is 0 Å². The van der Waals surface area contributed by atoms with Crippen molar-refractivity contribution >= 4 is 0 Å². The summed E-state index contributed by atoms with van der Waals surface area (Å²) in [7, 11) is 0. The number of phenolic OH excluding ortho intramolecular Hbond substituents is 2. The zero-order valence-corrected chi connectivity index (χ0v) is 24.6. The Bertz CT molecular complexity index is 865. The summed E-state index contributed by atoms with van der Waals surface area (Å²) < 4.78 is 0. The highest BCUT2D eigenvalue weighted by Crippen LogP contribution is 2.40. The van der Waals surface area contributed by atoms with Crippen LogP contribution in [0.25, 0.3) is 0 Å². The molecular formula is C34H54O2. The summed E-state index contributed by atoms with van der Waals surface area (Å²) in [6, 6.07) is 8.49. The van der Waals surface area contributed by atoms with E-state index in [1.54, 1.807) is 0 Å². The fraction of sp³-hybridized carbons (Fsp3) is 0.647. The van der Waals surface area contributed by atoms with Crippen molar-refractivity contribution in [1.29, 1.82) is 0 Å². The average Bonchev–Trinajstić information content (AvgIpc) is 2.77. The van der Waals surface area contributed by atoms with Crippen LogP contribution < -0.4 is 0 Å².